The van der Waals surface area contributed by atoms with Crippen molar-refractivity contribution in [2.75, 3.05) is 0 Å². The van der Waals surface area contributed by atoms with Crippen LogP contribution in [0.3, 0.4) is 0 Å². The molecule has 1 fully saturated rings. The third-order valence-electron chi connectivity index (χ3n) is 9.11. The SMILES string of the molecule is CC(C)(C)OC(=O)C(C)(C)Oc1ccc(CCCC(=O)O)cc1.CCc1ccc(CN2C(=O)NC(C)(CCCc3ccc(OC(C)(C)C(=O)O)cc3)C2=O)cc1. The van der Waals surface area contributed by atoms with E-state index in [9.17, 15) is 29.1 Å². The minimum atomic E-state index is -1.30. The zero-order valence-electron chi connectivity index (χ0n) is 34.2. The number of benzene rings is 3. The molecule has 3 amide bonds. The summed E-state index contributed by atoms with van der Waals surface area (Å²) in [5, 5.41) is 20.7. The number of ether oxygens (including phenoxy) is 3. The Hall–Kier alpha value is -5.39. The third-order valence-corrected chi connectivity index (χ3v) is 9.11. The zero-order valence-corrected chi connectivity index (χ0v) is 34.2. The number of carbonyl (C=O) groups excluding carboxylic acids is 3. The van der Waals surface area contributed by atoms with Crippen molar-refractivity contribution < 1.29 is 48.4 Å². The van der Waals surface area contributed by atoms with Crippen molar-refractivity contribution in [1.82, 2.24) is 10.2 Å². The molecule has 12 nitrogen and oxygen atoms in total. The Balaban J connectivity index is 0.000000322. The lowest BCUT2D eigenvalue weighted by molar-refractivity contribution is -0.171. The molecule has 1 atom stereocenters. The van der Waals surface area contributed by atoms with Crippen LogP contribution in [0.1, 0.15) is 110 Å². The van der Waals surface area contributed by atoms with E-state index < -0.39 is 40.2 Å². The molecular weight excluding hydrogens is 716 g/mol. The van der Waals surface area contributed by atoms with Crippen molar-refractivity contribution in [2.24, 2.45) is 0 Å². The fourth-order valence-electron chi connectivity index (χ4n) is 5.74. The van der Waals surface area contributed by atoms with Crippen molar-refractivity contribution in [1.29, 1.82) is 0 Å². The molecule has 0 aliphatic carbocycles. The van der Waals surface area contributed by atoms with Crippen LogP contribution < -0.4 is 14.8 Å². The first-order valence-corrected chi connectivity index (χ1v) is 19.0. The number of nitrogens with zero attached hydrogens (tertiary/aromatic N) is 1. The highest BCUT2D eigenvalue weighted by molar-refractivity contribution is 6.06. The molecule has 1 saturated heterocycles. The molecule has 56 heavy (non-hydrogen) atoms. The largest absolute Gasteiger partial charge is 0.481 e. The number of aryl methyl sites for hydroxylation is 3. The van der Waals surface area contributed by atoms with Gasteiger partial charge in [0.2, 0.25) is 0 Å². The number of nitrogens with one attached hydrogen (secondary N) is 1. The molecule has 1 heterocycles. The van der Waals surface area contributed by atoms with Crippen molar-refractivity contribution in [3.05, 3.63) is 95.1 Å². The summed E-state index contributed by atoms with van der Waals surface area (Å²) in [6.07, 6.45) is 4.35. The fourth-order valence-corrected chi connectivity index (χ4v) is 5.74. The van der Waals surface area contributed by atoms with Crippen LogP contribution >= 0.6 is 0 Å². The number of rotatable bonds is 17. The van der Waals surface area contributed by atoms with Gasteiger partial charge in [0.25, 0.3) is 5.91 Å². The molecular formula is C44H58N2O10. The second-order valence-electron chi connectivity index (χ2n) is 16.2. The van der Waals surface area contributed by atoms with Crippen LogP contribution in [0.15, 0.2) is 72.8 Å². The molecule has 1 aliphatic heterocycles. The first kappa shape index (κ1) is 45.0. The maximum atomic E-state index is 13.0. The molecule has 0 spiro atoms. The van der Waals surface area contributed by atoms with Crippen LogP contribution in [0.4, 0.5) is 4.79 Å². The lowest BCUT2D eigenvalue weighted by Gasteiger charge is -2.29. The van der Waals surface area contributed by atoms with Crippen molar-refractivity contribution in [3.63, 3.8) is 0 Å². The summed E-state index contributed by atoms with van der Waals surface area (Å²) in [5.74, 6) is -1.39. The summed E-state index contributed by atoms with van der Waals surface area (Å²) in [7, 11) is 0. The molecule has 0 radical (unpaired) electrons. The first-order chi connectivity index (χ1) is 26.0. The number of aliphatic carboxylic acids is 2. The van der Waals surface area contributed by atoms with Gasteiger partial charge in [0.05, 0.1) is 6.54 Å². The van der Waals surface area contributed by atoms with Crippen molar-refractivity contribution >= 4 is 29.8 Å². The summed E-state index contributed by atoms with van der Waals surface area (Å²) in [6, 6.07) is 22.2. The van der Waals surface area contributed by atoms with Gasteiger partial charge in [-0.15, -0.1) is 0 Å². The Bertz CT molecular complexity index is 1810. The summed E-state index contributed by atoms with van der Waals surface area (Å²) in [6.45, 7) is 15.9. The number of amides is 3. The van der Waals surface area contributed by atoms with Crippen LogP contribution in [-0.4, -0.2) is 67.3 Å². The van der Waals surface area contributed by atoms with E-state index in [2.05, 4.69) is 12.2 Å². The van der Waals surface area contributed by atoms with Gasteiger partial charge in [0.15, 0.2) is 11.2 Å². The maximum absolute atomic E-state index is 13.0. The Kier molecular flexibility index (Phi) is 15.2. The number of carboxylic acids is 2. The van der Waals surface area contributed by atoms with E-state index >= 15 is 0 Å². The fraction of sp³-hybridized carbons (Fsp3) is 0.477. The summed E-state index contributed by atoms with van der Waals surface area (Å²) >= 11 is 0. The van der Waals surface area contributed by atoms with E-state index in [0.717, 1.165) is 29.5 Å². The van der Waals surface area contributed by atoms with Crippen LogP contribution in [0.2, 0.25) is 0 Å². The molecule has 3 N–H and O–H groups in total. The van der Waals surface area contributed by atoms with Crippen LogP contribution in [0, 0.1) is 0 Å². The van der Waals surface area contributed by atoms with Gasteiger partial charge >= 0.3 is 23.9 Å². The summed E-state index contributed by atoms with van der Waals surface area (Å²) in [4.78, 5) is 60.7. The Morgan fingerprint density at radius 3 is 1.62 bits per heavy atom. The Labute approximate surface area is 330 Å². The highest BCUT2D eigenvalue weighted by Gasteiger charge is 2.47. The van der Waals surface area contributed by atoms with Gasteiger partial charge in [0.1, 0.15) is 22.6 Å². The average molecular weight is 775 g/mol. The predicted octanol–water partition coefficient (Wildman–Crippen LogP) is 7.92. The molecule has 1 aliphatic rings. The molecule has 4 rings (SSSR count). The lowest BCUT2D eigenvalue weighted by atomic mass is 9.93. The highest BCUT2D eigenvalue weighted by Crippen LogP contribution is 2.27. The summed E-state index contributed by atoms with van der Waals surface area (Å²) < 4.78 is 16.6. The maximum Gasteiger partial charge on any atom is 0.350 e. The second kappa shape index (κ2) is 19.0. The minimum Gasteiger partial charge on any atom is -0.481 e. The van der Waals surface area contributed by atoms with Crippen molar-refractivity contribution in [3.8, 4) is 11.5 Å². The van der Waals surface area contributed by atoms with Crippen molar-refractivity contribution in [2.45, 2.75) is 136 Å². The van der Waals surface area contributed by atoms with Gasteiger partial charge in [-0.1, -0.05) is 55.5 Å². The number of carboxylic acid groups (broad SMARTS) is 2. The Morgan fingerprint density at radius 1 is 0.696 bits per heavy atom. The predicted molar refractivity (Wildman–Crippen MR) is 213 cm³/mol. The number of hydrogen-bond donors (Lipinski definition) is 3. The van der Waals surface area contributed by atoms with E-state index in [-0.39, 0.29) is 24.9 Å². The van der Waals surface area contributed by atoms with Gasteiger partial charge in [-0.05, 0) is 140 Å². The van der Waals surface area contributed by atoms with E-state index in [1.165, 1.54) is 24.3 Å². The van der Waals surface area contributed by atoms with Gasteiger partial charge in [-0.25, -0.2) is 14.4 Å². The number of imide groups is 1. The number of carbonyl (C=O) groups is 5. The zero-order chi connectivity index (χ0) is 41.9. The van der Waals surface area contributed by atoms with E-state index in [0.29, 0.717) is 37.2 Å². The van der Waals surface area contributed by atoms with Gasteiger partial charge in [-0.3, -0.25) is 14.5 Å². The van der Waals surface area contributed by atoms with E-state index in [1.807, 2.05) is 69.3 Å². The topological polar surface area (TPSA) is 169 Å². The van der Waals surface area contributed by atoms with Gasteiger partial charge in [0, 0.05) is 6.42 Å². The lowest BCUT2D eigenvalue weighted by Crippen LogP contribution is -2.43. The molecule has 12 heteroatoms. The number of hydrogen-bond acceptors (Lipinski definition) is 8. The van der Waals surface area contributed by atoms with Crippen LogP contribution in [-0.2, 0) is 49.7 Å². The monoisotopic (exact) mass is 774 g/mol. The van der Waals surface area contributed by atoms with Gasteiger partial charge < -0.3 is 29.7 Å². The minimum absolute atomic E-state index is 0.157. The van der Waals surface area contributed by atoms with E-state index in [4.69, 9.17) is 19.3 Å². The molecule has 3 aromatic carbocycles. The molecule has 3 aromatic rings. The first-order valence-electron chi connectivity index (χ1n) is 19.0. The molecule has 304 valence electrons. The van der Waals surface area contributed by atoms with Gasteiger partial charge in [-0.2, -0.15) is 0 Å². The Morgan fingerprint density at radius 2 is 1.16 bits per heavy atom. The highest BCUT2D eigenvalue weighted by atomic mass is 16.6. The second-order valence-corrected chi connectivity index (χ2v) is 16.2. The standard InChI is InChI=1S/C26H32N2O5.C18H26O5/c1-5-18-8-10-20(11-9-18)17-28-22(29)26(4,27-24(28)32)16-6-7-19-12-14-21(15-13-19)33-25(2,3)23(30)31;1-17(2,3)23-16(21)18(4,5)22-14-11-9-13(10-12-14)7-6-8-15(19)20/h8-15H,5-7,16-17H2,1-4H3,(H,27,32)(H,30,31);9-12H,6-8H2,1-5H3,(H,19,20). The molecule has 0 aromatic heterocycles. The van der Waals surface area contributed by atoms with Crippen LogP contribution in [0.25, 0.3) is 0 Å². The van der Waals surface area contributed by atoms with E-state index in [1.54, 1.807) is 45.0 Å². The molecule has 0 saturated carbocycles. The quantitative estimate of drug-likeness (QED) is 0.0905. The third kappa shape index (κ3) is 13.7. The number of esters is 1. The molecule has 0 bridgehead atoms. The van der Waals surface area contributed by atoms with Crippen LogP contribution in [0.5, 0.6) is 11.5 Å². The number of urea groups is 1. The smallest absolute Gasteiger partial charge is 0.350 e. The summed E-state index contributed by atoms with van der Waals surface area (Å²) in [5.41, 5.74) is 0.344. The normalized spacial score (nSPS) is 15.7. The average Bonchev–Trinajstić information content (AvgIpc) is 3.31. The molecule has 1 unspecified atom stereocenters.